The number of aliphatic imine (C=N–C) groups is 1. The zero-order valence-electron chi connectivity index (χ0n) is 8.60. The van der Waals surface area contributed by atoms with Gasteiger partial charge in [0.2, 0.25) is 0 Å². The Hall–Kier alpha value is -1.62. The number of amidine groups is 1. The van der Waals surface area contributed by atoms with Crippen molar-refractivity contribution in [2.75, 3.05) is 0 Å². The van der Waals surface area contributed by atoms with Gasteiger partial charge in [0.1, 0.15) is 5.84 Å². The zero-order chi connectivity index (χ0) is 10.8. The molecule has 1 aliphatic rings. The van der Waals surface area contributed by atoms with E-state index in [9.17, 15) is 4.79 Å². The van der Waals surface area contributed by atoms with Crippen molar-refractivity contribution in [2.24, 2.45) is 17.9 Å². The molecular formula is C10H14N4O. The first-order chi connectivity index (χ1) is 7.20. The van der Waals surface area contributed by atoms with Gasteiger partial charge in [0.15, 0.2) is 0 Å². The van der Waals surface area contributed by atoms with Crippen LogP contribution in [0.3, 0.4) is 0 Å². The van der Waals surface area contributed by atoms with E-state index in [4.69, 9.17) is 5.84 Å². The molecule has 1 heterocycles. The monoisotopic (exact) mass is 206 g/mol. The smallest absolute Gasteiger partial charge is 0.250 e. The van der Waals surface area contributed by atoms with Crippen LogP contribution in [0, 0.1) is 0 Å². The van der Waals surface area contributed by atoms with Crippen molar-refractivity contribution in [3.8, 4) is 0 Å². The highest BCUT2D eigenvalue weighted by atomic mass is 16.1. The molecular weight excluding hydrogens is 192 g/mol. The van der Waals surface area contributed by atoms with Crippen molar-refractivity contribution in [1.82, 2.24) is 9.99 Å². The fourth-order valence-electron chi connectivity index (χ4n) is 1.28. The number of hydrazine groups is 1. The highest BCUT2D eigenvalue weighted by Crippen LogP contribution is 2.23. The van der Waals surface area contributed by atoms with Gasteiger partial charge >= 0.3 is 0 Å². The Bertz CT molecular complexity index is 445. The second kappa shape index (κ2) is 3.86. The van der Waals surface area contributed by atoms with Crippen LogP contribution in [0.4, 0.5) is 0 Å². The second-order valence-electron chi connectivity index (χ2n) is 3.72. The lowest BCUT2D eigenvalue weighted by Crippen LogP contribution is -2.32. The van der Waals surface area contributed by atoms with Crippen LogP contribution in [-0.2, 0) is 7.05 Å². The van der Waals surface area contributed by atoms with E-state index in [1.54, 1.807) is 13.2 Å². The van der Waals surface area contributed by atoms with E-state index in [0.29, 0.717) is 11.9 Å². The van der Waals surface area contributed by atoms with Gasteiger partial charge in [0.05, 0.1) is 6.04 Å². The molecule has 80 valence electrons. The first-order valence-corrected chi connectivity index (χ1v) is 4.92. The number of nitrogens with one attached hydrogen (secondary N) is 1. The standard InChI is InChI=1S/C10H14N4O/c1-14-5-4-7(6-9(14)15)10(13-11)12-8-2-3-8/h4-6,8H,2-3,11H2,1H3,(H,12,13). The molecule has 5 heteroatoms. The van der Waals surface area contributed by atoms with Gasteiger partial charge in [-0.15, -0.1) is 0 Å². The fraction of sp³-hybridized carbons (Fsp3) is 0.400. The fourth-order valence-corrected chi connectivity index (χ4v) is 1.28. The third-order valence-electron chi connectivity index (χ3n) is 2.37. The molecule has 1 aromatic rings. The summed E-state index contributed by atoms with van der Waals surface area (Å²) >= 11 is 0. The van der Waals surface area contributed by atoms with E-state index >= 15 is 0 Å². The molecule has 0 atom stereocenters. The van der Waals surface area contributed by atoms with Crippen molar-refractivity contribution in [1.29, 1.82) is 0 Å². The molecule has 0 saturated heterocycles. The largest absolute Gasteiger partial charge is 0.319 e. The average Bonchev–Trinajstić information content (AvgIpc) is 3.02. The van der Waals surface area contributed by atoms with E-state index in [0.717, 1.165) is 18.4 Å². The molecule has 2 rings (SSSR count). The number of aromatic nitrogens is 1. The molecule has 0 aromatic carbocycles. The van der Waals surface area contributed by atoms with Crippen LogP contribution in [0.5, 0.6) is 0 Å². The van der Waals surface area contributed by atoms with Crippen LogP contribution >= 0.6 is 0 Å². The molecule has 0 aliphatic heterocycles. The van der Waals surface area contributed by atoms with Crippen molar-refractivity contribution in [2.45, 2.75) is 18.9 Å². The normalized spacial score (nSPS) is 16.5. The SMILES string of the molecule is Cn1ccc(C(=NC2CC2)NN)cc1=O. The van der Waals surface area contributed by atoms with Gasteiger partial charge in [-0.3, -0.25) is 9.79 Å². The van der Waals surface area contributed by atoms with Crippen molar-refractivity contribution < 1.29 is 0 Å². The van der Waals surface area contributed by atoms with Gasteiger partial charge in [-0.25, -0.2) is 5.84 Å². The van der Waals surface area contributed by atoms with Crippen LogP contribution in [0.25, 0.3) is 0 Å². The minimum atomic E-state index is -0.0637. The summed E-state index contributed by atoms with van der Waals surface area (Å²) in [6, 6.07) is 3.73. The molecule has 1 fully saturated rings. The van der Waals surface area contributed by atoms with Crippen molar-refractivity contribution in [3.63, 3.8) is 0 Å². The Morgan fingerprint density at radius 3 is 2.93 bits per heavy atom. The zero-order valence-corrected chi connectivity index (χ0v) is 8.60. The number of hydrogen-bond donors (Lipinski definition) is 2. The third kappa shape index (κ3) is 2.24. The van der Waals surface area contributed by atoms with Gasteiger partial charge in [0.25, 0.3) is 5.56 Å². The maximum absolute atomic E-state index is 11.4. The average molecular weight is 206 g/mol. The Morgan fingerprint density at radius 1 is 1.67 bits per heavy atom. The number of pyridine rings is 1. The molecule has 15 heavy (non-hydrogen) atoms. The summed E-state index contributed by atoms with van der Waals surface area (Å²) in [6.07, 6.45) is 3.92. The van der Waals surface area contributed by atoms with E-state index in [-0.39, 0.29) is 5.56 Å². The predicted molar refractivity (Wildman–Crippen MR) is 58.6 cm³/mol. The molecule has 0 unspecified atom stereocenters. The van der Waals surface area contributed by atoms with E-state index < -0.39 is 0 Å². The summed E-state index contributed by atoms with van der Waals surface area (Å²) in [5, 5.41) is 0. The van der Waals surface area contributed by atoms with Crippen molar-refractivity contribution >= 4 is 5.84 Å². The minimum absolute atomic E-state index is 0.0637. The molecule has 1 aliphatic carbocycles. The summed E-state index contributed by atoms with van der Waals surface area (Å²) in [6.45, 7) is 0. The van der Waals surface area contributed by atoms with Crippen LogP contribution in [-0.4, -0.2) is 16.4 Å². The number of rotatable bonds is 2. The Labute approximate surface area is 87.6 Å². The Morgan fingerprint density at radius 2 is 2.40 bits per heavy atom. The van der Waals surface area contributed by atoms with Crippen LogP contribution in [0.2, 0.25) is 0 Å². The lowest BCUT2D eigenvalue weighted by molar-refractivity contribution is 0.857. The quantitative estimate of drug-likeness (QED) is 0.303. The Balaban J connectivity index is 2.33. The molecule has 0 radical (unpaired) electrons. The number of nitrogens with two attached hydrogens (primary N) is 1. The minimum Gasteiger partial charge on any atom is -0.319 e. The summed E-state index contributed by atoms with van der Waals surface area (Å²) in [4.78, 5) is 15.8. The maximum Gasteiger partial charge on any atom is 0.250 e. The lowest BCUT2D eigenvalue weighted by atomic mass is 10.2. The molecule has 0 amide bonds. The van der Waals surface area contributed by atoms with Crippen molar-refractivity contribution in [3.05, 3.63) is 34.2 Å². The number of nitrogens with zero attached hydrogens (tertiary/aromatic N) is 2. The molecule has 0 bridgehead atoms. The third-order valence-corrected chi connectivity index (χ3v) is 2.37. The lowest BCUT2D eigenvalue weighted by Gasteiger charge is -2.05. The first-order valence-electron chi connectivity index (χ1n) is 4.92. The van der Waals surface area contributed by atoms with Crippen LogP contribution in [0.15, 0.2) is 28.1 Å². The van der Waals surface area contributed by atoms with Gasteiger partial charge in [-0.1, -0.05) is 0 Å². The van der Waals surface area contributed by atoms with E-state index in [1.807, 2.05) is 6.07 Å². The molecule has 3 N–H and O–H groups in total. The van der Waals surface area contributed by atoms with Gasteiger partial charge in [-0.2, -0.15) is 0 Å². The van der Waals surface area contributed by atoms with Gasteiger partial charge in [0, 0.05) is 24.9 Å². The van der Waals surface area contributed by atoms with Gasteiger partial charge in [-0.05, 0) is 18.9 Å². The first kappa shape index (κ1) is 9.92. The number of aryl methyl sites for hydroxylation is 1. The highest BCUT2D eigenvalue weighted by Gasteiger charge is 2.21. The Kier molecular flexibility index (Phi) is 2.55. The second-order valence-corrected chi connectivity index (χ2v) is 3.72. The summed E-state index contributed by atoms with van der Waals surface area (Å²) < 4.78 is 1.51. The van der Waals surface area contributed by atoms with E-state index in [1.165, 1.54) is 10.6 Å². The van der Waals surface area contributed by atoms with E-state index in [2.05, 4.69) is 10.4 Å². The highest BCUT2D eigenvalue weighted by molar-refractivity contribution is 5.98. The molecule has 1 saturated carbocycles. The van der Waals surface area contributed by atoms with Crippen LogP contribution in [0.1, 0.15) is 18.4 Å². The van der Waals surface area contributed by atoms with Crippen LogP contribution < -0.4 is 16.8 Å². The summed E-state index contributed by atoms with van der Waals surface area (Å²) in [7, 11) is 1.71. The molecule has 0 spiro atoms. The van der Waals surface area contributed by atoms with Gasteiger partial charge < -0.3 is 9.99 Å². The topological polar surface area (TPSA) is 72.4 Å². The summed E-state index contributed by atoms with van der Waals surface area (Å²) in [5.74, 6) is 5.97. The number of hydrogen-bond acceptors (Lipinski definition) is 3. The molecule has 1 aromatic heterocycles. The predicted octanol–water partition coefficient (Wildman–Crippen LogP) is -0.242. The maximum atomic E-state index is 11.4. The molecule has 5 nitrogen and oxygen atoms in total. The summed E-state index contributed by atoms with van der Waals surface area (Å²) in [5.41, 5.74) is 3.22.